The maximum Gasteiger partial charge on any atom is 0.303 e. The molecule has 8 nitrogen and oxygen atoms in total. The van der Waals surface area contributed by atoms with Crippen LogP contribution in [0.1, 0.15) is 182 Å². The van der Waals surface area contributed by atoms with Crippen molar-refractivity contribution in [3.05, 3.63) is 0 Å². The maximum absolute atomic E-state index is 10.1. The molecule has 0 radical (unpaired) electrons. The zero-order valence-electron chi connectivity index (χ0n) is 26.4. The van der Waals surface area contributed by atoms with Gasteiger partial charge in [0.2, 0.25) is 0 Å². The zero-order valence-corrected chi connectivity index (χ0v) is 26.4. The Balaban J connectivity index is -0.000000227. The number of hydrogen-bond acceptors (Lipinski definition) is 4. The number of carboxylic acids is 4. The fraction of sp³-hybridized carbons (Fsp3) is 0.875. The molecule has 0 spiro atoms. The van der Waals surface area contributed by atoms with E-state index in [2.05, 4.69) is 20.8 Å². The minimum Gasteiger partial charge on any atom is -0.481 e. The average Bonchev–Trinajstić information content (AvgIpc) is 2.87. The lowest BCUT2D eigenvalue weighted by atomic mass is 10.1. The van der Waals surface area contributed by atoms with Gasteiger partial charge in [0.15, 0.2) is 0 Å². The highest BCUT2D eigenvalue weighted by molar-refractivity contribution is 5.67. The predicted molar refractivity (Wildman–Crippen MR) is 164 cm³/mol. The highest BCUT2D eigenvalue weighted by Crippen LogP contribution is 2.09. The Labute approximate surface area is 245 Å². The van der Waals surface area contributed by atoms with Crippen LogP contribution in [0.4, 0.5) is 0 Å². The van der Waals surface area contributed by atoms with Crippen molar-refractivity contribution in [3.8, 4) is 0 Å². The molecule has 4 N–H and O–H groups in total. The summed E-state index contributed by atoms with van der Waals surface area (Å²) in [7, 11) is 0. The van der Waals surface area contributed by atoms with Crippen molar-refractivity contribution in [2.75, 3.05) is 0 Å². The van der Waals surface area contributed by atoms with Crippen molar-refractivity contribution < 1.29 is 39.6 Å². The van der Waals surface area contributed by atoms with Crippen LogP contribution < -0.4 is 0 Å². The van der Waals surface area contributed by atoms with Crippen LogP contribution in [-0.2, 0) is 19.2 Å². The zero-order chi connectivity index (χ0) is 31.3. The molecule has 0 aromatic rings. The smallest absolute Gasteiger partial charge is 0.303 e. The van der Waals surface area contributed by atoms with Crippen LogP contribution in [0.25, 0.3) is 0 Å². The second kappa shape index (κ2) is 41.4. The van der Waals surface area contributed by atoms with Gasteiger partial charge in [0.05, 0.1) is 0 Å². The molecule has 0 aromatic carbocycles. The maximum atomic E-state index is 10.1. The molecule has 0 rings (SSSR count). The van der Waals surface area contributed by atoms with Crippen molar-refractivity contribution >= 4 is 23.9 Å². The van der Waals surface area contributed by atoms with Gasteiger partial charge in [-0.15, -0.1) is 0 Å². The van der Waals surface area contributed by atoms with Crippen LogP contribution in [-0.4, -0.2) is 44.3 Å². The van der Waals surface area contributed by atoms with Gasteiger partial charge in [0.1, 0.15) is 0 Å². The molecule has 0 fully saturated rings. The first-order chi connectivity index (χ1) is 19.0. The third-order valence-corrected chi connectivity index (χ3v) is 5.98. The summed E-state index contributed by atoms with van der Waals surface area (Å²) in [5.41, 5.74) is 0. The van der Waals surface area contributed by atoms with Gasteiger partial charge < -0.3 is 20.4 Å². The number of unbranched alkanes of at least 4 members (excludes halogenated alkanes) is 18. The number of carbonyl (C=O) groups is 4. The molecule has 0 saturated carbocycles. The third-order valence-electron chi connectivity index (χ3n) is 5.98. The first-order valence-corrected chi connectivity index (χ1v) is 15.9. The molecular weight excluding hydrogens is 512 g/mol. The molecule has 0 heterocycles. The second-order valence-corrected chi connectivity index (χ2v) is 10.3. The number of aliphatic carboxylic acids is 4. The monoisotopic (exact) mass is 576 g/mol. The summed E-state index contributed by atoms with van der Waals surface area (Å²) in [5.74, 6) is -2.82. The van der Waals surface area contributed by atoms with Crippen LogP contribution >= 0.6 is 0 Å². The Bertz CT molecular complexity index is 478. The summed E-state index contributed by atoms with van der Waals surface area (Å²) >= 11 is 0. The SMILES string of the molecule is CC(=O)O.CCCCCCCCCC(=O)O.CCCCCCCCCC(=O)O.CCCCCCCCCC(=O)O. The minimum atomic E-state index is -0.833. The average molecular weight is 577 g/mol. The molecule has 0 amide bonds. The summed E-state index contributed by atoms with van der Waals surface area (Å²) < 4.78 is 0. The van der Waals surface area contributed by atoms with E-state index in [1.54, 1.807) is 0 Å². The van der Waals surface area contributed by atoms with Crippen LogP contribution in [0.15, 0.2) is 0 Å². The van der Waals surface area contributed by atoms with E-state index in [1.165, 1.54) is 96.3 Å². The molecule has 240 valence electrons. The van der Waals surface area contributed by atoms with Crippen LogP contribution in [0, 0.1) is 0 Å². The van der Waals surface area contributed by atoms with Crippen LogP contribution in [0.3, 0.4) is 0 Å². The van der Waals surface area contributed by atoms with E-state index >= 15 is 0 Å². The molecule has 0 bridgehead atoms. The molecule has 0 aliphatic carbocycles. The number of hydrogen-bond donors (Lipinski definition) is 4. The van der Waals surface area contributed by atoms with Crippen LogP contribution in [0.5, 0.6) is 0 Å². The van der Waals surface area contributed by atoms with E-state index in [9.17, 15) is 14.4 Å². The largest absolute Gasteiger partial charge is 0.481 e. The third kappa shape index (κ3) is 70.5. The number of carboxylic acid groups (broad SMARTS) is 4. The molecule has 0 aliphatic heterocycles. The molecular formula is C32H64O8. The van der Waals surface area contributed by atoms with E-state index in [0.29, 0.717) is 19.3 Å². The Hall–Kier alpha value is -2.12. The quantitative estimate of drug-likeness (QED) is 0.0829. The Morgan fingerprint density at radius 2 is 0.500 bits per heavy atom. The standard InChI is InChI=1S/3C10H20O2.C2H4O2/c3*1-2-3-4-5-6-7-8-9-10(11)12;1-2(3)4/h3*2-9H2,1H3,(H,11,12);1H3,(H,3,4). The molecule has 0 aromatic heterocycles. The summed E-state index contributed by atoms with van der Waals surface area (Å²) in [6, 6.07) is 0. The van der Waals surface area contributed by atoms with Gasteiger partial charge >= 0.3 is 17.9 Å². The van der Waals surface area contributed by atoms with E-state index in [1.807, 2.05) is 0 Å². The highest BCUT2D eigenvalue weighted by atomic mass is 16.4. The van der Waals surface area contributed by atoms with Gasteiger partial charge in [-0.1, -0.05) is 136 Å². The van der Waals surface area contributed by atoms with Crippen molar-refractivity contribution in [2.45, 2.75) is 182 Å². The van der Waals surface area contributed by atoms with Crippen molar-refractivity contribution in [2.24, 2.45) is 0 Å². The van der Waals surface area contributed by atoms with Crippen molar-refractivity contribution in [3.63, 3.8) is 0 Å². The summed E-state index contributed by atoms with van der Waals surface area (Å²) in [6.07, 6.45) is 25.9. The van der Waals surface area contributed by atoms with E-state index < -0.39 is 23.9 Å². The van der Waals surface area contributed by atoms with Crippen LogP contribution in [0.2, 0.25) is 0 Å². The van der Waals surface area contributed by atoms with Gasteiger partial charge in [-0.05, 0) is 19.3 Å². The molecule has 8 heteroatoms. The van der Waals surface area contributed by atoms with Gasteiger partial charge in [0, 0.05) is 26.2 Å². The van der Waals surface area contributed by atoms with E-state index in [4.69, 9.17) is 25.2 Å². The molecule has 40 heavy (non-hydrogen) atoms. The Morgan fingerprint density at radius 1 is 0.350 bits per heavy atom. The van der Waals surface area contributed by atoms with E-state index in [-0.39, 0.29) is 0 Å². The van der Waals surface area contributed by atoms with Crippen molar-refractivity contribution in [1.29, 1.82) is 0 Å². The minimum absolute atomic E-state index is 0.341. The lowest BCUT2D eigenvalue weighted by molar-refractivity contribution is -0.138. The highest BCUT2D eigenvalue weighted by Gasteiger charge is 1.97. The summed E-state index contributed by atoms with van der Waals surface area (Å²) in [4.78, 5) is 39.4. The van der Waals surface area contributed by atoms with Gasteiger partial charge in [-0.25, -0.2) is 0 Å². The first-order valence-electron chi connectivity index (χ1n) is 15.9. The van der Waals surface area contributed by atoms with Crippen molar-refractivity contribution in [1.82, 2.24) is 0 Å². The fourth-order valence-corrected chi connectivity index (χ4v) is 3.70. The molecule has 0 saturated heterocycles. The molecule has 0 atom stereocenters. The lowest BCUT2D eigenvalue weighted by Crippen LogP contribution is -1.93. The number of rotatable bonds is 24. The lowest BCUT2D eigenvalue weighted by Gasteiger charge is -1.98. The molecule has 0 aliphatic rings. The predicted octanol–water partition coefficient (Wildman–Crippen LogP) is 9.73. The van der Waals surface area contributed by atoms with E-state index in [0.717, 1.165) is 45.4 Å². The van der Waals surface area contributed by atoms with Gasteiger partial charge in [-0.2, -0.15) is 0 Å². The summed E-state index contributed by atoms with van der Waals surface area (Å²) in [6.45, 7) is 7.68. The second-order valence-electron chi connectivity index (χ2n) is 10.3. The summed E-state index contributed by atoms with van der Waals surface area (Å²) in [5, 5.41) is 32.5. The topological polar surface area (TPSA) is 149 Å². The Kier molecular flexibility index (Phi) is 46.4. The van der Waals surface area contributed by atoms with Gasteiger partial charge in [-0.3, -0.25) is 19.2 Å². The first kappa shape index (κ1) is 44.9. The Morgan fingerprint density at radius 3 is 0.650 bits per heavy atom. The fourth-order valence-electron chi connectivity index (χ4n) is 3.70. The molecule has 0 unspecified atom stereocenters. The van der Waals surface area contributed by atoms with Gasteiger partial charge in [0.25, 0.3) is 5.97 Å². The normalized spacial score (nSPS) is 9.70.